The van der Waals surface area contributed by atoms with E-state index in [1.165, 1.54) is 11.3 Å². The van der Waals surface area contributed by atoms with Crippen LogP contribution in [0.2, 0.25) is 0 Å². The Morgan fingerprint density at radius 2 is 2.21 bits per heavy atom. The van der Waals surface area contributed by atoms with E-state index in [2.05, 4.69) is 15.4 Å². The molecule has 2 aromatic rings. The highest BCUT2D eigenvalue weighted by Crippen LogP contribution is 2.41. The summed E-state index contributed by atoms with van der Waals surface area (Å²) in [6.45, 7) is 0.635. The molecule has 2 amide bonds. The van der Waals surface area contributed by atoms with Crippen molar-refractivity contribution in [3.63, 3.8) is 0 Å². The Bertz CT molecular complexity index is 779. The first kappa shape index (κ1) is 15.3. The van der Waals surface area contributed by atoms with Gasteiger partial charge in [0.05, 0.1) is 11.2 Å². The zero-order valence-electron chi connectivity index (χ0n) is 13.4. The Balaban J connectivity index is 1.48. The van der Waals surface area contributed by atoms with Gasteiger partial charge in [-0.1, -0.05) is 0 Å². The first-order valence-corrected chi connectivity index (χ1v) is 9.06. The minimum Gasteiger partial charge on any atom is -0.339 e. The molecule has 1 saturated carbocycles. The smallest absolute Gasteiger partial charge is 0.263 e. The second-order valence-electron chi connectivity index (χ2n) is 6.35. The van der Waals surface area contributed by atoms with Crippen molar-refractivity contribution in [1.82, 2.24) is 20.1 Å². The molecule has 0 aromatic carbocycles. The third-order valence-corrected chi connectivity index (χ3v) is 5.33. The Hall–Kier alpha value is -2.22. The second kappa shape index (κ2) is 6.01. The van der Waals surface area contributed by atoms with Crippen LogP contribution in [0.15, 0.2) is 17.8 Å². The van der Waals surface area contributed by atoms with Gasteiger partial charge in [-0.05, 0) is 25.7 Å². The number of rotatable bonds is 4. The third-order valence-electron chi connectivity index (χ3n) is 4.49. The molecule has 7 nitrogen and oxygen atoms in total. The van der Waals surface area contributed by atoms with Crippen molar-refractivity contribution in [3.05, 3.63) is 28.3 Å². The van der Waals surface area contributed by atoms with Gasteiger partial charge in [0, 0.05) is 31.8 Å². The molecule has 2 aromatic heterocycles. The van der Waals surface area contributed by atoms with Crippen molar-refractivity contribution in [1.29, 1.82) is 0 Å². The van der Waals surface area contributed by atoms with E-state index in [1.807, 2.05) is 19.3 Å². The summed E-state index contributed by atoms with van der Waals surface area (Å²) in [6, 6.07) is 1.32. The average molecular weight is 345 g/mol. The average Bonchev–Trinajstić information content (AvgIpc) is 3.13. The van der Waals surface area contributed by atoms with Crippen LogP contribution in [0.25, 0.3) is 0 Å². The summed E-state index contributed by atoms with van der Waals surface area (Å²) in [5, 5.41) is 7.20. The van der Waals surface area contributed by atoms with Gasteiger partial charge < -0.3 is 5.32 Å². The molecule has 0 bridgehead atoms. The van der Waals surface area contributed by atoms with Gasteiger partial charge in [-0.15, -0.1) is 11.3 Å². The number of nitrogens with zero attached hydrogens (tertiary/aromatic N) is 4. The third kappa shape index (κ3) is 2.82. The van der Waals surface area contributed by atoms with E-state index in [0.29, 0.717) is 29.6 Å². The first-order valence-electron chi connectivity index (χ1n) is 8.19. The molecule has 8 heteroatoms. The number of carbonyl (C=O) groups is 2. The minimum absolute atomic E-state index is 0.0919. The van der Waals surface area contributed by atoms with Crippen molar-refractivity contribution >= 4 is 29.0 Å². The lowest BCUT2D eigenvalue weighted by molar-refractivity contribution is -0.121. The summed E-state index contributed by atoms with van der Waals surface area (Å²) in [5.74, 6) is 0.786. The van der Waals surface area contributed by atoms with Gasteiger partial charge in [-0.25, -0.2) is 4.98 Å². The predicted molar refractivity (Wildman–Crippen MR) is 90.1 cm³/mol. The molecular formula is C16H19N5O2S. The van der Waals surface area contributed by atoms with Crippen molar-refractivity contribution < 1.29 is 9.59 Å². The molecule has 3 heterocycles. The Morgan fingerprint density at radius 3 is 2.92 bits per heavy atom. The zero-order valence-corrected chi connectivity index (χ0v) is 14.3. The maximum Gasteiger partial charge on any atom is 0.263 e. The lowest BCUT2D eigenvalue weighted by Gasteiger charge is -2.31. The number of piperidine rings is 1. The van der Waals surface area contributed by atoms with Crippen molar-refractivity contribution in [2.75, 3.05) is 11.4 Å². The number of aromatic nitrogens is 3. The van der Waals surface area contributed by atoms with Crippen molar-refractivity contribution in [2.24, 2.45) is 7.05 Å². The van der Waals surface area contributed by atoms with Crippen LogP contribution >= 0.6 is 11.3 Å². The number of nitrogens with one attached hydrogen (secondary N) is 1. The van der Waals surface area contributed by atoms with Crippen LogP contribution in [-0.4, -0.2) is 39.2 Å². The summed E-state index contributed by atoms with van der Waals surface area (Å²) in [4.78, 5) is 31.9. The fourth-order valence-corrected chi connectivity index (χ4v) is 3.86. The highest BCUT2D eigenvalue weighted by atomic mass is 32.1. The maximum absolute atomic E-state index is 12.7. The molecule has 1 saturated heterocycles. The molecule has 4 rings (SSSR count). The Morgan fingerprint density at radius 1 is 1.38 bits per heavy atom. The molecule has 1 aliphatic carbocycles. The van der Waals surface area contributed by atoms with Crippen LogP contribution in [0, 0.1) is 0 Å². The number of hydrogen-bond donors (Lipinski definition) is 1. The zero-order chi connectivity index (χ0) is 16.7. The van der Waals surface area contributed by atoms with E-state index >= 15 is 0 Å². The molecule has 1 aliphatic heterocycles. The Labute approximate surface area is 143 Å². The topological polar surface area (TPSA) is 80.1 Å². The van der Waals surface area contributed by atoms with E-state index in [4.69, 9.17) is 0 Å². The van der Waals surface area contributed by atoms with E-state index in [0.717, 1.165) is 25.0 Å². The monoisotopic (exact) mass is 345 g/mol. The van der Waals surface area contributed by atoms with Gasteiger partial charge in [-0.2, -0.15) is 5.10 Å². The number of hydrogen-bond acceptors (Lipinski definition) is 5. The van der Waals surface area contributed by atoms with E-state index in [1.54, 1.807) is 15.1 Å². The van der Waals surface area contributed by atoms with Crippen LogP contribution in [0.1, 0.15) is 47.0 Å². The van der Waals surface area contributed by atoms with Gasteiger partial charge in [0.1, 0.15) is 10.9 Å². The lowest BCUT2D eigenvalue weighted by atomic mass is 10.0. The normalized spacial score (nSPS) is 21.1. The van der Waals surface area contributed by atoms with E-state index in [-0.39, 0.29) is 11.8 Å². The summed E-state index contributed by atoms with van der Waals surface area (Å²) >= 11 is 1.35. The number of anilines is 1. The van der Waals surface area contributed by atoms with Gasteiger partial charge in [0.2, 0.25) is 0 Å². The number of aryl methyl sites for hydroxylation is 1. The predicted octanol–water partition coefficient (Wildman–Crippen LogP) is 1.68. The molecular weight excluding hydrogens is 326 g/mol. The molecule has 1 N–H and O–H groups in total. The number of amides is 2. The molecule has 0 spiro atoms. The number of thiazole rings is 1. The maximum atomic E-state index is 12.7. The Kier molecular flexibility index (Phi) is 3.84. The molecule has 24 heavy (non-hydrogen) atoms. The van der Waals surface area contributed by atoms with Crippen LogP contribution in [-0.2, 0) is 11.8 Å². The van der Waals surface area contributed by atoms with E-state index < -0.39 is 6.04 Å². The molecule has 126 valence electrons. The van der Waals surface area contributed by atoms with Crippen molar-refractivity contribution in [3.8, 4) is 0 Å². The SMILES string of the molecule is Cn1ccc(N2CCC[C@@H](NC(=O)c3scnc3C3CC3)C2=O)n1. The summed E-state index contributed by atoms with van der Waals surface area (Å²) in [5.41, 5.74) is 2.60. The summed E-state index contributed by atoms with van der Waals surface area (Å²) < 4.78 is 1.67. The lowest BCUT2D eigenvalue weighted by Crippen LogP contribution is -2.52. The second-order valence-corrected chi connectivity index (χ2v) is 7.20. The molecule has 2 fully saturated rings. The number of carbonyl (C=O) groups excluding carboxylic acids is 2. The fourth-order valence-electron chi connectivity index (χ4n) is 3.08. The van der Waals surface area contributed by atoms with Crippen LogP contribution in [0.5, 0.6) is 0 Å². The standard InChI is InChI=1S/C16H19N5O2S/c1-20-8-6-12(19-20)21-7-2-3-11(16(21)23)18-15(22)14-13(10-4-5-10)17-9-24-14/h6,8-11H,2-5,7H2,1H3,(H,18,22)/t11-/m1/s1. The summed E-state index contributed by atoms with van der Waals surface area (Å²) in [7, 11) is 1.82. The molecule has 0 radical (unpaired) electrons. The van der Waals surface area contributed by atoms with Gasteiger partial charge in [0.15, 0.2) is 5.82 Å². The quantitative estimate of drug-likeness (QED) is 0.914. The van der Waals surface area contributed by atoms with Gasteiger partial charge in [-0.3, -0.25) is 19.2 Å². The molecule has 2 aliphatic rings. The van der Waals surface area contributed by atoms with Crippen LogP contribution in [0.3, 0.4) is 0 Å². The summed E-state index contributed by atoms with van der Waals surface area (Å²) in [6.07, 6.45) is 5.50. The minimum atomic E-state index is -0.498. The van der Waals surface area contributed by atoms with E-state index in [9.17, 15) is 9.59 Å². The first-order chi connectivity index (χ1) is 11.6. The molecule has 1 atom stereocenters. The van der Waals surface area contributed by atoms with Crippen LogP contribution < -0.4 is 10.2 Å². The van der Waals surface area contributed by atoms with Gasteiger partial charge >= 0.3 is 0 Å². The molecule has 0 unspecified atom stereocenters. The van der Waals surface area contributed by atoms with Crippen molar-refractivity contribution in [2.45, 2.75) is 37.6 Å². The van der Waals surface area contributed by atoms with Gasteiger partial charge in [0.25, 0.3) is 11.8 Å². The highest BCUT2D eigenvalue weighted by Gasteiger charge is 2.35. The highest BCUT2D eigenvalue weighted by molar-refractivity contribution is 7.11. The fraction of sp³-hybridized carbons (Fsp3) is 0.500. The van der Waals surface area contributed by atoms with Crippen LogP contribution in [0.4, 0.5) is 5.82 Å². The largest absolute Gasteiger partial charge is 0.339 e.